The van der Waals surface area contributed by atoms with E-state index in [4.69, 9.17) is 4.42 Å². The van der Waals surface area contributed by atoms with E-state index in [2.05, 4.69) is 20.3 Å². The van der Waals surface area contributed by atoms with E-state index in [0.717, 1.165) is 26.5 Å². The minimum atomic E-state index is -3.90. The highest BCUT2D eigenvalue weighted by atomic mass is 32.2. The molecule has 2 rings (SSSR count). The van der Waals surface area contributed by atoms with Gasteiger partial charge in [0, 0.05) is 0 Å². The number of carbonyl (C=O) groups excluding carboxylic acids is 1. The summed E-state index contributed by atoms with van der Waals surface area (Å²) >= 11 is 0. The third-order valence-corrected chi connectivity index (χ3v) is 3.68. The summed E-state index contributed by atoms with van der Waals surface area (Å²) in [5.74, 6) is -1.35. The maximum Gasteiger partial charge on any atom is 0.329 e. The van der Waals surface area contributed by atoms with E-state index in [-0.39, 0.29) is 12.1 Å². The molecule has 1 atom stereocenters. The van der Waals surface area contributed by atoms with Gasteiger partial charge in [0.15, 0.2) is 5.75 Å². The van der Waals surface area contributed by atoms with Crippen LogP contribution in [0.5, 0.6) is 0 Å². The number of hydrogen-bond donors (Lipinski definition) is 2. The van der Waals surface area contributed by atoms with E-state index in [1.54, 1.807) is 0 Å². The quantitative estimate of drug-likeness (QED) is 0.689. The molecule has 1 aromatic heterocycles. The van der Waals surface area contributed by atoms with Crippen molar-refractivity contribution in [1.29, 1.82) is 0 Å². The smallest absolute Gasteiger partial charge is 0.329 e. The summed E-state index contributed by atoms with van der Waals surface area (Å²) in [6.07, 6.45) is 1.85. The van der Waals surface area contributed by atoms with E-state index in [0.29, 0.717) is 5.89 Å². The highest BCUT2D eigenvalue weighted by Gasteiger charge is 2.24. The van der Waals surface area contributed by atoms with Gasteiger partial charge in [0.2, 0.25) is 15.9 Å². The predicted molar refractivity (Wildman–Crippen MR) is 63.7 cm³/mol. The SMILES string of the molecule is COC(=O)CS(=O)(=O)Nc1nnc(C2CCCN2)o1. The van der Waals surface area contributed by atoms with Crippen molar-refractivity contribution in [2.75, 3.05) is 24.1 Å². The molecule has 2 heterocycles. The molecule has 0 bridgehead atoms. The van der Waals surface area contributed by atoms with Crippen molar-refractivity contribution >= 4 is 22.0 Å². The number of ether oxygens (including phenoxy) is 1. The van der Waals surface area contributed by atoms with Gasteiger partial charge in [-0.3, -0.25) is 4.79 Å². The number of nitrogens with one attached hydrogen (secondary N) is 2. The zero-order valence-corrected chi connectivity index (χ0v) is 11.1. The molecule has 1 unspecified atom stereocenters. The molecule has 106 valence electrons. The van der Waals surface area contributed by atoms with Crippen LogP contribution in [0.15, 0.2) is 4.42 Å². The number of esters is 1. The number of methoxy groups -OCH3 is 1. The van der Waals surface area contributed by atoms with E-state index < -0.39 is 21.7 Å². The van der Waals surface area contributed by atoms with Crippen molar-refractivity contribution in [1.82, 2.24) is 15.5 Å². The first-order valence-corrected chi connectivity index (χ1v) is 7.29. The molecular weight excluding hydrogens is 276 g/mol. The number of sulfonamides is 1. The summed E-state index contributed by atoms with van der Waals surface area (Å²) in [7, 11) is -2.79. The van der Waals surface area contributed by atoms with E-state index in [1.165, 1.54) is 0 Å². The largest absolute Gasteiger partial charge is 0.468 e. The van der Waals surface area contributed by atoms with Gasteiger partial charge in [-0.05, 0) is 19.4 Å². The van der Waals surface area contributed by atoms with Gasteiger partial charge in [-0.2, -0.15) is 0 Å². The van der Waals surface area contributed by atoms with Crippen molar-refractivity contribution in [2.24, 2.45) is 0 Å². The zero-order valence-electron chi connectivity index (χ0n) is 10.2. The molecule has 1 fully saturated rings. The van der Waals surface area contributed by atoms with Gasteiger partial charge in [0.25, 0.3) is 0 Å². The Bertz CT molecular complexity index is 549. The summed E-state index contributed by atoms with van der Waals surface area (Å²) < 4.78 is 34.6. The molecule has 0 radical (unpaired) electrons. The maximum atomic E-state index is 11.5. The van der Waals surface area contributed by atoms with Crippen LogP contribution in [0.25, 0.3) is 0 Å². The first-order chi connectivity index (χ1) is 9.00. The molecule has 10 heteroatoms. The highest BCUT2D eigenvalue weighted by Crippen LogP contribution is 2.23. The average molecular weight is 290 g/mol. The molecule has 0 aromatic carbocycles. The molecule has 1 aliphatic rings. The topological polar surface area (TPSA) is 123 Å². The van der Waals surface area contributed by atoms with Crippen molar-refractivity contribution < 1.29 is 22.4 Å². The average Bonchev–Trinajstić information content (AvgIpc) is 2.97. The number of rotatable bonds is 5. The molecule has 1 saturated heterocycles. The second kappa shape index (κ2) is 5.53. The summed E-state index contributed by atoms with van der Waals surface area (Å²) in [5, 5.41) is 10.5. The third-order valence-electron chi connectivity index (χ3n) is 2.58. The van der Waals surface area contributed by atoms with E-state index in [9.17, 15) is 13.2 Å². The van der Waals surface area contributed by atoms with Crippen LogP contribution in [0.4, 0.5) is 6.01 Å². The minimum Gasteiger partial charge on any atom is -0.468 e. The molecule has 1 aliphatic heterocycles. The standard InChI is InChI=1S/C9H14N4O5S/c1-17-7(14)5-19(15,16)13-9-12-11-8(18-9)6-3-2-4-10-6/h6,10H,2-5H2,1H3,(H,12,13). The van der Waals surface area contributed by atoms with Crippen LogP contribution in [-0.2, 0) is 19.6 Å². The number of hydrogen-bond acceptors (Lipinski definition) is 8. The lowest BCUT2D eigenvalue weighted by Gasteiger charge is -2.03. The molecule has 0 saturated carbocycles. The molecule has 19 heavy (non-hydrogen) atoms. The van der Waals surface area contributed by atoms with Crippen LogP contribution in [0.3, 0.4) is 0 Å². The Morgan fingerprint density at radius 2 is 2.37 bits per heavy atom. The van der Waals surface area contributed by atoms with Crippen molar-refractivity contribution in [3.05, 3.63) is 5.89 Å². The van der Waals surface area contributed by atoms with E-state index in [1.807, 2.05) is 4.72 Å². The van der Waals surface area contributed by atoms with E-state index >= 15 is 0 Å². The van der Waals surface area contributed by atoms with Gasteiger partial charge < -0.3 is 14.5 Å². The number of aromatic nitrogens is 2. The fraction of sp³-hybridized carbons (Fsp3) is 0.667. The van der Waals surface area contributed by atoms with Crippen LogP contribution in [0.1, 0.15) is 24.8 Å². The summed E-state index contributed by atoms with van der Waals surface area (Å²) in [4.78, 5) is 10.9. The molecule has 2 N–H and O–H groups in total. The summed E-state index contributed by atoms with van der Waals surface area (Å²) in [5.41, 5.74) is 0. The fourth-order valence-corrected chi connectivity index (χ4v) is 2.54. The van der Waals surface area contributed by atoms with Crippen molar-refractivity contribution in [2.45, 2.75) is 18.9 Å². The van der Waals surface area contributed by atoms with Gasteiger partial charge in [0.1, 0.15) is 0 Å². The first kappa shape index (κ1) is 13.7. The Labute approximate surface area is 109 Å². The number of carbonyl (C=O) groups is 1. The van der Waals surface area contributed by atoms with Gasteiger partial charge in [-0.25, -0.2) is 13.1 Å². The Kier molecular flexibility index (Phi) is 4.00. The lowest BCUT2D eigenvalue weighted by Crippen LogP contribution is -2.23. The molecule has 1 aromatic rings. The molecular formula is C9H14N4O5S. The van der Waals surface area contributed by atoms with Gasteiger partial charge in [-0.15, -0.1) is 5.10 Å². The third kappa shape index (κ3) is 3.64. The van der Waals surface area contributed by atoms with Crippen LogP contribution < -0.4 is 10.0 Å². The van der Waals surface area contributed by atoms with Gasteiger partial charge in [-0.1, -0.05) is 5.10 Å². The van der Waals surface area contributed by atoms with Crippen LogP contribution in [0, 0.1) is 0 Å². The highest BCUT2D eigenvalue weighted by molar-refractivity contribution is 7.93. The second-order valence-corrected chi connectivity index (χ2v) is 5.75. The van der Waals surface area contributed by atoms with Gasteiger partial charge >= 0.3 is 12.0 Å². The Hall–Kier alpha value is -1.68. The van der Waals surface area contributed by atoms with Crippen molar-refractivity contribution in [3.63, 3.8) is 0 Å². The Morgan fingerprint density at radius 3 is 3.00 bits per heavy atom. The number of anilines is 1. The summed E-state index contributed by atoms with van der Waals surface area (Å²) in [6.45, 7) is 0.858. The van der Waals surface area contributed by atoms with Crippen LogP contribution in [0.2, 0.25) is 0 Å². The number of nitrogens with zero attached hydrogens (tertiary/aromatic N) is 2. The monoisotopic (exact) mass is 290 g/mol. The first-order valence-electron chi connectivity index (χ1n) is 5.64. The molecule has 9 nitrogen and oxygen atoms in total. The fourth-order valence-electron chi connectivity index (χ4n) is 1.70. The lowest BCUT2D eigenvalue weighted by molar-refractivity contribution is -0.137. The normalized spacial score (nSPS) is 19.3. The summed E-state index contributed by atoms with van der Waals surface area (Å²) in [6, 6.07) is -0.307. The maximum absolute atomic E-state index is 11.5. The molecule has 0 amide bonds. The zero-order chi connectivity index (χ0) is 13.9. The van der Waals surface area contributed by atoms with Crippen LogP contribution in [-0.4, -0.2) is 44.0 Å². The minimum absolute atomic E-state index is 0.0497. The Balaban J connectivity index is 2.01. The lowest BCUT2D eigenvalue weighted by atomic mass is 10.2. The molecule has 0 spiro atoms. The Morgan fingerprint density at radius 1 is 1.58 bits per heavy atom. The predicted octanol–water partition coefficient (Wildman–Crippen LogP) is -0.591. The van der Waals surface area contributed by atoms with Crippen molar-refractivity contribution in [3.8, 4) is 0 Å². The second-order valence-electron chi connectivity index (χ2n) is 4.03. The molecule has 0 aliphatic carbocycles. The van der Waals surface area contributed by atoms with Gasteiger partial charge in [0.05, 0.1) is 13.2 Å². The van der Waals surface area contributed by atoms with Crippen LogP contribution >= 0.6 is 0 Å².